The van der Waals surface area contributed by atoms with Gasteiger partial charge in [-0.25, -0.2) is 0 Å². The van der Waals surface area contributed by atoms with Gasteiger partial charge < -0.3 is 9.32 Å². The van der Waals surface area contributed by atoms with Gasteiger partial charge in [0.05, 0.1) is 0 Å². The molecule has 4 saturated carbocycles. The first-order chi connectivity index (χ1) is 13.5. The smallest absolute Gasteiger partial charge is 0.277 e. The molecule has 28 heavy (non-hydrogen) atoms. The van der Waals surface area contributed by atoms with Gasteiger partial charge in [0.25, 0.3) is 5.22 Å². The predicted octanol–water partition coefficient (Wildman–Crippen LogP) is 4.46. The van der Waals surface area contributed by atoms with Crippen molar-refractivity contribution in [3.05, 3.63) is 41.8 Å². The van der Waals surface area contributed by atoms with E-state index in [-0.39, 0.29) is 16.6 Å². The number of nitrogens with zero attached hydrogens (tertiary/aromatic N) is 3. The number of rotatable bonds is 5. The number of thioether (sulfide) groups is 1. The average molecular weight is 398 g/mol. The van der Waals surface area contributed by atoms with Gasteiger partial charge in [-0.1, -0.05) is 30.3 Å². The van der Waals surface area contributed by atoms with Crippen LogP contribution >= 0.6 is 11.8 Å². The minimum atomic E-state index is -0.374. The SMILES string of the molecule is CN(C)C(=O)[C@@H](Sc1nnc(C23CC4CC(CC(C4)C2)C3)o1)c1ccccc1. The molecule has 0 unspecified atom stereocenters. The lowest BCUT2D eigenvalue weighted by atomic mass is 9.49. The molecule has 0 aliphatic heterocycles. The van der Waals surface area contributed by atoms with E-state index in [9.17, 15) is 4.79 Å². The molecule has 4 bridgehead atoms. The van der Waals surface area contributed by atoms with Crippen molar-refractivity contribution in [3.63, 3.8) is 0 Å². The third-order valence-corrected chi connectivity index (χ3v) is 7.96. The van der Waals surface area contributed by atoms with Crippen LogP contribution in [0.5, 0.6) is 0 Å². The fourth-order valence-corrected chi connectivity index (χ4v) is 7.09. The summed E-state index contributed by atoms with van der Waals surface area (Å²) in [6, 6.07) is 9.84. The van der Waals surface area contributed by atoms with Crippen molar-refractivity contribution in [1.29, 1.82) is 0 Å². The van der Waals surface area contributed by atoms with Gasteiger partial charge in [0.15, 0.2) is 0 Å². The van der Waals surface area contributed by atoms with Gasteiger partial charge in [-0.15, -0.1) is 10.2 Å². The molecule has 4 aliphatic carbocycles. The van der Waals surface area contributed by atoms with Gasteiger partial charge in [0, 0.05) is 19.5 Å². The maximum absolute atomic E-state index is 12.8. The van der Waals surface area contributed by atoms with E-state index in [1.807, 2.05) is 30.3 Å². The maximum Gasteiger partial charge on any atom is 0.277 e. The molecule has 4 aliphatic rings. The van der Waals surface area contributed by atoms with Crippen LogP contribution in [0.1, 0.15) is 55.2 Å². The molecular formula is C22H27N3O2S. The molecule has 1 atom stereocenters. The lowest BCUT2D eigenvalue weighted by molar-refractivity contribution is -0.128. The number of aromatic nitrogens is 2. The zero-order valence-electron chi connectivity index (χ0n) is 16.5. The minimum Gasteiger partial charge on any atom is -0.415 e. The van der Waals surface area contributed by atoms with E-state index in [1.54, 1.807) is 19.0 Å². The third-order valence-electron chi connectivity index (χ3n) is 6.88. The topological polar surface area (TPSA) is 59.2 Å². The molecule has 148 valence electrons. The average Bonchev–Trinajstić information content (AvgIpc) is 3.15. The first-order valence-corrected chi connectivity index (χ1v) is 11.2. The molecule has 0 radical (unpaired) electrons. The summed E-state index contributed by atoms with van der Waals surface area (Å²) in [5.74, 6) is 3.36. The summed E-state index contributed by atoms with van der Waals surface area (Å²) in [7, 11) is 3.57. The van der Waals surface area contributed by atoms with Crippen molar-refractivity contribution >= 4 is 17.7 Å². The van der Waals surface area contributed by atoms with Gasteiger partial charge in [0.2, 0.25) is 11.8 Å². The van der Waals surface area contributed by atoms with Crippen molar-refractivity contribution < 1.29 is 9.21 Å². The molecule has 1 aromatic heterocycles. The van der Waals surface area contributed by atoms with Gasteiger partial charge in [-0.05, 0) is 73.6 Å². The monoisotopic (exact) mass is 397 g/mol. The maximum atomic E-state index is 12.8. The third kappa shape index (κ3) is 3.15. The summed E-state index contributed by atoms with van der Waals surface area (Å²) in [5, 5.41) is 8.99. The van der Waals surface area contributed by atoms with Crippen LogP contribution in [0.15, 0.2) is 40.0 Å². The van der Waals surface area contributed by atoms with Crippen molar-refractivity contribution in [2.45, 2.75) is 54.4 Å². The van der Waals surface area contributed by atoms with E-state index in [4.69, 9.17) is 4.42 Å². The van der Waals surface area contributed by atoms with E-state index in [0.29, 0.717) is 5.22 Å². The van der Waals surface area contributed by atoms with Gasteiger partial charge in [0.1, 0.15) is 5.25 Å². The Morgan fingerprint density at radius 3 is 2.25 bits per heavy atom. The molecule has 0 saturated heterocycles. The Labute approximate surface area is 170 Å². The molecule has 0 spiro atoms. The lowest BCUT2D eigenvalue weighted by Crippen LogP contribution is -2.48. The summed E-state index contributed by atoms with van der Waals surface area (Å²) < 4.78 is 6.22. The lowest BCUT2D eigenvalue weighted by Gasteiger charge is -2.55. The zero-order valence-corrected chi connectivity index (χ0v) is 17.3. The first-order valence-electron chi connectivity index (χ1n) is 10.3. The van der Waals surface area contributed by atoms with Crippen LogP contribution in [0.3, 0.4) is 0 Å². The molecule has 2 aromatic rings. The van der Waals surface area contributed by atoms with Crippen LogP contribution in [-0.2, 0) is 10.2 Å². The molecule has 1 aromatic carbocycles. The fourth-order valence-electron chi connectivity index (χ4n) is 6.07. The second-order valence-electron chi connectivity index (χ2n) is 9.21. The standard InChI is InChI=1S/C22H27N3O2S/c1-25(2)19(26)18(17-6-4-3-5-7-17)28-21-24-23-20(27-21)22-11-14-8-15(12-22)10-16(9-14)13-22/h3-7,14-16,18H,8-13H2,1-2H3/t14?,15?,16?,18-,22?/m0/s1. The van der Waals surface area contributed by atoms with Crippen molar-refractivity contribution in [2.75, 3.05) is 14.1 Å². The summed E-state index contributed by atoms with van der Waals surface area (Å²) in [6.45, 7) is 0. The second-order valence-corrected chi connectivity index (χ2v) is 10.3. The Hall–Kier alpha value is -1.82. The Morgan fingerprint density at radius 1 is 1.07 bits per heavy atom. The van der Waals surface area contributed by atoms with Crippen molar-refractivity contribution in [3.8, 4) is 0 Å². The second kappa shape index (κ2) is 6.90. The van der Waals surface area contributed by atoms with Crippen LogP contribution in [0.2, 0.25) is 0 Å². The van der Waals surface area contributed by atoms with Crippen LogP contribution in [0, 0.1) is 17.8 Å². The number of carbonyl (C=O) groups is 1. The summed E-state index contributed by atoms with van der Waals surface area (Å²) in [6.07, 6.45) is 7.77. The normalized spacial score (nSPS) is 31.7. The van der Waals surface area contributed by atoms with Crippen molar-refractivity contribution in [2.24, 2.45) is 17.8 Å². The highest BCUT2D eigenvalue weighted by molar-refractivity contribution is 8.00. The number of amides is 1. The van der Waals surface area contributed by atoms with Crippen LogP contribution < -0.4 is 0 Å². The molecule has 0 N–H and O–H groups in total. The Balaban J connectivity index is 1.40. The van der Waals surface area contributed by atoms with E-state index in [0.717, 1.165) is 29.2 Å². The number of hydrogen-bond donors (Lipinski definition) is 0. The molecular weight excluding hydrogens is 370 g/mol. The highest BCUT2D eigenvalue weighted by Gasteiger charge is 2.54. The van der Waals surface area contributed by atoms with Crippen LogP contribution in [0.4, 0.5) is 0 Å². The number of likely N-dealkylation sites (N-methyl/N-ethyl adjacent to an activating group) is 1. The van der Waals surface area contributed by atoms with E-state index < -0.39 is 0 Å². The highest BCUT2D eigenvalue weighted by atomic mass is 32.2. The first kappa shape index (κ1) is 18.2. The largest absolute Gasteiger partial charge is 0.415 e. The Kier molecular flexibility index (Phi) is 4.49. The van der Waals surface area contributed by atoms with Gasteiger partial charge >= 0.3 is 0 Å². The number of carbonyl (C=O) groups excluding carboxylic acids is 1. The fraction of sp³-hybridized carbons (Fsp3) is 0.591. The quantitative estimate of drug-likeness (QED) is 0.697. The van der Waals surface area contributed by atoms with E-state index >= 15 is 0 Å². The molecule has 6 rings (SSSR count). The zero-order chi connectivity index (χ0) is 19.3. The molecule has 5 nitrogen and oxygen atoms in total. The van der Waals surface area contributed by atoms with Crippen molar-refractivity contribution in [1.82, 2.24) is 15.1 Å². The highest BCUT2D eigenvalue weighted by Crippen LogP contribution is 2.60. The van der Waals surface area contributed by atoms with Crippen LogP contribution in [0.25, 0.3) is 0 Å². The number of benzene rings is 1. The van der Waals surface area contributed by atoms with Crippen LogP contribution in [-0.4, -0.2) is 35.1 Å². The van der Waals surface area contributed by atoms with Gasteiger partial charge in [-0.2, -0.15) is 0 Å². The van der Waals surface area contributed by atoms with Gasteiger partial charge in [-0.3, -0.25) is 4.79 Å². The Bertz CT molecular complexity index is 828. The predicted molar refractivity (Wildman–Crippen MR) is 108 cm³/mol. The molecule has 1 amide bonds. The van der Waals surface area contributed by atoms with E-state index in [1.165, 1.54) is 50.3 Å². The summed E-state index contributed by atoms with van der Waals surface area (Å²) in [5.41, 5.74) is 1.05. The minimum absolute atomic E-state index is 0.0331. The molecule has 4 fully saturated rings. The summed E-state index contributed by atoms with van der Waals surface area (Å²) >= 11 is 1.37. The number of hydrogen-bond acceptors (Lipinski definition) is 5. The molecule has 1 heterocycles. The van der Waals surface area contributed by atoms with E-state index in [2.05, 4.69) is 10.2 Å². The summed E-state index contributed by atoms with van der Waals surface area (Å²) in [4.78, 5) is 14.4. The molecule has 6 heteroatoms. The Morgan fingerprint density at radius 2 is 1.68 bits per heavy atom.